The van der Waals surface area contributed by atoms with Gasteiger partial charge in [0.1, 0.15) is 6.04 Å². The first-order valence-electron chi connectivity index (χ1n) is 9.58. The molecule has 28 heavy (non-hydrogen) atoms. The lowest BCUT2D eigenvalue weighted by molar-refractivity contribution is 0.253. The van der Waals surface area contributed by atoms with Crippen molar-refractivity contribution in [3.8, 4) is 11.5 Å². The van der Waals surface area contributed by atoms with Crippen molar-refractivity contribution in [2.24, 2.45) is 4.99 Å². The van der Waals surface area contributed by atoms with E-state index in [9.17, 15) is 0 Å². The molecule has 4 rings (SSSR count). The van der Waals surface area contributed by atoms with Gasteiger partial charge in [-0.15, -0.1) is 0 Å². The SMILES string of the molecule is CCOc1cc([C@@H]2[C@H](c3ccccn3)N=C3SC[C@@H](CC)N32)cc(Cl)c1OC. The average Bonchev–Trinajstić information content (AvgIpc) is 3.27. The minimum atomic E-state index is -0.0722. The second-order valence-electron chi connectivity index (χ2n) is 6.80. The number of nitrogens with zero attached hydrogens (tertiary/aromatic N) is 3. The molecule has 0 radical (unpaired) electrons. The molecule has 1 aromatic carbocycles. The van der Waals surface area contributed by atoms with Crippen molar-refractivity contribution in [1.29, 1.82) is 0 Å². The van der Waals surface area contributed by atoms with Gasteiger partial charge in [0.15, 0.2) is 16.7 Å². The normalized spacial score (nSPS) is 23.5. The summed E-state index contributed by atoms with van der Waals surface area (Å²) in [6.07, 6.45) is 2.90. The molecule has 1 saturated heterocycles. The van der Waals surface area contributed by atoms with Gasteiger partial charge in [-0.05, 0) is 43.2 Å². The van der Waals surface area contributed by atoms with Crippen molar-refractivity contribution in [1.82, 2.24) is 9.88 Å². The summed E-state index contributed by atoms with van der Waals surface area (Å²) in [5, 5.41) is 1.65. The summed E-state index contributed by atoms with van der Waals surface area (Å²) in [5.74, 6) is 2.30. The molecule has 148 valence electrons. The number of pyridine rings is 1. The molecule has 2 aromatic rings. The molecule has 0 saturated carbocycles. The Balaban J connectivity index is 1.82. The second-order valence-corrected chi connectivity index (χ2v) is 8.20. The summed E-state index contributed by atoms with van der Waals surface area (Å²) in [5.41, 5.74) is 2.04. The summed E-state index contributed by atoms with van der Waals surface area (Å²) >= 11 is 8.40. The average molecular weight is 418 g/mol. The Labute approximate surface area is 175 Å². The fourth-order valence-electron chi connectivity index (χ4n) is 3.93. The third kappa shape index (κ3) is 3.33. The molecule has 2 aliphatic rings. The Kier molecular flexibility index (Phi) is 5.69. The number of amidine groups is 1. The number of thioether (sulfide) groups is 1. The van der Waals surface area contributed by atoms with Gasteiger partial charge in [-0.2, -0.15) is 0 Å². The molecule has 3 heterocycles. The fourth-order valence-corrected chi connectivity index (χ4v) is 5.56. The van der Waals surface area contributed by atoms with Crippen LogP contribution in [0.3, 0.4) is 0 Å². The maximum absolute atomic E-state index is 6.57. The van der Waals surface area contributed by atoms with Crippen LogP contribution in [0.5, 0.6) is 11.5 Å². The third-order valence-corrected chi connectivity index (χ3v) is 6.61. The molecule has 5 nitrogen and oxygen atoms in total. The lowest BCUT2D eigenvalue weighted by Gasteiger charge is -2.32. The molecule has 0 aliphatic carbocycles. The topological polar surface area (TPSA) is 47.0 Å². The van der Waals surface area contributed by atoms with E-state index in [1.165, 1.54) is 0 Å². The molecule has 0 spiro atoms. The van der Waals surface area contributed by atoms with Crippen LogP contribution in [0, 0.1) is 0 Å². The number of fused-ring (bicyclic) bond motifs is 1. The van der Waals surface area contributed by atoms with Gasteiger partial charge in [-0.25, -0.2) is 0 Å². The minimum absolute atomic E-state index is 0.0347. The van der Waals surface area contributed by atoms with Gasteiger partial charge in [-0.3, -0.25) is 9.98 Å². The van der Waals surface area contributed by atoms with Crippen molar-refractivity contribution < 1.29 is 9.47 Å². The van der Waals surface area contributed by atoms with Crippen LogP contribution in [0.1, 0.15) is 43.6 Å². The molecule has 1 aromatic heterocycles. The highest BCUT2D eigenvalue weighted by atomic mass is 35.5. The number of aliphatic imine (C=N–C) groups is 1. The highest BCUT2D eigenvalue weighted by Crippen LogP contribution is 2.50. The number of halogens is 1. The van der Waals surface area contributed by atoms with Crippen LogP contribution in [-0.4, -0.2) is 40.6 Å². The molecule has 0 unspecified atom stereocenters. The van der Waals surface area contributed by atoms with Crippen LogP contribution in [-0.2, 0) is 0 Å². The third-order valence-electron chi connectivity index (χ3n) is 5.21. The zero-order chi connectivity index (χ0) is 19.7. The molecule has 0 N–H and O–H groups in total. The zero-order valence-corrected chi connectivity index (χ0v) is 17.8. The van der Waals surface area contributed by atoms with Gasteiger partial charge in [0.25, 0.3) is 0 Å². The first-order chi connectivity index (χ1) is 13.7. The van der Waals surface area contributed by atoms with E-state index >= 15 is 0 Å². The molecule has 0 amide bonds. The summed E-state index contributed by atoms with van der Waals surface area (Å²) in [6, 6.07) is 10.4. The molecule has 2 aliphatic heterocycles. The van der Waals surface area contributed by atoms with Gasteiger partial charge in [0, 0.05) is 18.0 Å². The Morgan fingerprint density at radius 3 is 2.82 bits per heavy atom. The largest absolute Gasteiger partial charge is 0.491 e. The smallest absolute Gasteiger partial charge is 0.179 e. The Morgan fingerprint density at radius 2 is 2.14 bits per heavy atom. The van der Waals surface area contributed by atoms with Crippen LogP contribution in [0.4, 0.5) is 0 Å². The van der Waals surface area contributed by atoms with E-state index in [-0.39, 0.29) is 12.1 Å². The van der Waals surface area contributed by atoms with Gasteiger partial charge in [0.2, 0.25) is 0 Å². The van der Waals surface area contributed by atoms with E-state index in [0.717, 1.165) is 28.6 Å². The molecule has 3 atom stereocenters. The number of rotatable bonds is 6. The van der Waals surface area contributed by atoms with E-state index < -0.39 is 0 Å². The molecule has 1 fully saturated rings. The van der Waals surface area contributed by atoms with Gasteiger partial charge >= 0.3 is 0 Å². The number of hydrogen-bond acceptors (Lipinski definition) is 6. The highest BCUT2D eigenvalue weighted by Gasteiger charge is 2.45. The van der Waals surface area contributed by atoms with E-state index in [2.05, 4.69) is 16.8 Å². The van der Waals surface area contributed by atoms with Gasteiger partial charge in [0.05, 0.1) is 30.5 Å². The van der Waals surface area contributed by atoms with E-state index in [1.807, 2.05) is 55.2 Å². The number of benzene rings is 1. The predicted molar refractivity (Wildman–Crippen MR) is 115 cm³/mol. The maximum atomic E-state index is 6.57. The highest BCUT2D eigenvalue weighted by molar-refractivity contribution is 8.14. The molecular weight excluding hydrogens is 394 g/mol. The van der Waals surface area contributed by atoms with Crippen molar-refractivity contribution in [3.05, 3.63) is 52.8 Å². The van der Waals surface area contributed by atoms with Crippen molar-refractivity contribution >= 4 is 28.5 Å². The number of hydrogen-bond donors (Lipinski definition) is 0. The van der Waals surface area contributed by atoms with Gasteiger partial charge in [-0.1, -0.05) is 36.4 Å². The Morgan fingerprint density at radius 1 is 1.29 bits per heavy atom. The Bertz CT molecular complexity index is 877. The first kappa shape index (κ1) is 19.4. The van der Waals surface area contributed by atoms with Crippen LogP contribution >= 0.6 is 23.4 Å². The molecular formula is C21H24ClN3O2S. The minimum Gasteiger partial charge on any atom is -0.491 e. The van der Waals surface area contributed by atoms with E-state index in [1.54, 1.807) is 7.11 Å². The van der Waals surface area contributed by atoms with E-state index in [4.69, 9.17) is 26.1 Å². The number of methoxy groups -OCH3 is 1. The van der Waals surface area contributed by atoms with Crippen LogP contribution in [0.15, 0.2) is 41.5 Å². The maximum Gasteiger partial charge on any atom is 0.179 e. The Hall–Kier alpha value is -1.92. The number of ether oxygens (including phenoxy) is 2. The zero-order valence-electron chi connectivity index (χ0n) is 16.3. The lowest BCUT2D eigenvalue weighted by atomic mass is 9.95. The molecule has 0 bridgehead atoms. The van der Waals surface area contributed by atoms with Gasteiger partial charge < -0.3 is 14.4 Å². The molecule has 7 heteroatoms. The summed E-state index contributed by atoms with van der Waals surface area (Å²) in [6.45, 7) is 4.73. The monoisotopic (exact) mass is 417 g/mol. The van der Waals surface area contributed by atoms with Crippen molar-refractivity contribution in [2.75, 3.05) is 19.5 Å². The van der Waals surface area contributed by atoms with Crippen molar-refractivity contribution in [2.45, 2.75) is 38.4 Å². The quantitative estimate of drug-likeness (QED) is 0.652. The lowest BCUT2D eigenvalue weighted by Crippen LogP contribution is -2.35. The summed E-state index contributed by atoms with van der Waals surface area (Å²) < 4.78 is 11.3. The van der Waals surface area contributed by atoms with Crippen LogP contribution in [0.25, 0.3) is 0 Å². The van der Waals surface area contributed by atoms with Crippen LogP contribution < -0.4 is 9.47 Å². The fraction of sp³-hybridized carbons (Fsp3) is 0.429. The standard InChI is InChI=1S/C21H24ClN3O2S/c1-4-14-12-28-21-24-18(16-8-6-7-9-23-16)19(25(14)21)13-10-15(22)20(26-3)17(11-13)27-5-2/h6-11,14,18-19H,4-5,12H2,1-3H3/t14-,18+,19-/m1/s1. The predicted octanol–water partition coefficient (Wildman–Crippen LogP) is 5.12. The summed E-state index contributed by atoms with van der Waals surface area (Å²) in [4.78, 5) is 12.1. The van der Waals surface area contributed by atoms with Crippen LogP contribution in [0.2, 0.25) is 5.02 Å². The van der Waals surface area contributed by atoms with E-state index in [0.29, 0.717) is 29.2 Å². The van der Waals surface area contributed by atoms with Crippen molar-refractivity contribution in [3.63, 3.8) is 0 Å². The second kappa shape index (κ2) is 8.21. The number of aromatic nitrogens is 1. The summed E-state index contributed by atoms with van der Waals surface area (Å²) in [7, 11) is 1.61. The first-order valence-corrected chi connectivity index (χ1v) is 10.9.